The van der Waals surface area contributed by atoms with Crippen LogP contribution in [0.2, 0.25) is 0 Å². The summed E-state index contributed by atoms with van der Waals surface area (Å²) in [6.45, 7) is 7.14. The van der Waals surface area contributed by atoms with E-state index < -0.39 is 17.2 Å². The van der Waals surface area contributed by atoms with Crippen LogP contribution >= 0.6 is 0 Å². The van der Waals surface area contributed by atoms with E-state index >= 15 is 0 Å². The number of fused-ring (bicyclic) bond motifs is 1. The van der Waals surface area contributed by atoms with Crippen molar-refractivity contribution < 1.29 is 5.21 Å². The molecular formula is C14H18N4O2-. The fourth-order valence-corrected chi connectivity index (χ4v) is 2.56. The number of nitrogens with one attached hydrogen (secondary N) is 1. The molecule has 1 saturated heterocycles. The molecule has 2 aromatic rings. The largest absolute Gasteiger partial charge is 0.783 e. The van der Waals surface area contributed by atoms with E-state index in [1.54, 1.807) is 27.7 Å². The monoisotopic (exact) mass is 274 g/mol. The molecule has 1 aliphatic rings. The Labute approximate surface area is 117 Å². The number of hydrogen-bond donors (Lipinski definition) is 1. The number of aromatic amines is 1. The van der Waals surface area contributed by atoms with Gasteiger partial charge < -0.3 is 15.3 Å². The molecular weight excluding hydrogens is 256 g/mol. The minimum atomic E-state index is -0.938. The van der Waals surface area contributed by atoms with Crippen molar-refractivity contribution in [2.45, 2.75) is 44.9 Å². The number of benzene rings is 1. The first-order chi connectivity index (χ1) is 9.26. The zero-order chi connectivity index (χ0) is 14.7. The summed E-state index contributed by atoms with van der Waals surface area (Å²) < 4.78 is 0. The number of hydroxylamine groups is 4. The molecule has 20 heavy (non-hydrogen) atoms. The van der Waals surface area contributed by atoms with E-state index in [0.717, 1.165) is 21.2 Å². The molecule has 1 fully saturated rings. The van der Waals surface area contributed by atoms with Gasteiger partial charge in [0.05, 0.1) is 16.6 Å². The molecule has 0 amide bonds. The number of rotatable bonds is 1. The lowest BCUT2D eigenvalue weighted by Gasteiger charge is -2.44. The van der Waals surface area contributed by atoms with Crippen LogP contribution in [0.4, 0.5) is 0 Å². The predicted octanol–water partition coefficient (Wildman–Crippen LogP) is 2.58. The standard InChI is InChI=1S/C14H18N4O2/c1-13(2)14(3,4)18(20)12(17(13)19)11-15-9-7-5-6-8-10(9)16-11/h5-8,12H,1-4H3,(H,15,16)/q-1. The van der Waals surface area contributed by atoms with Crippen LogP contribution in [0, 0.1) is 5.21 Å². The summed E-state index contributed by atoms with van der Waals surface area (Å²) in [6, 6.07) is 7.49. The first-order valence-electron chi connectivity index (χ1n) is 6.64. The van der Waals surface area contributed by atoms with Crippen molar-refractivity contribution in [1.82, 2.24) is 20.1 Å². The number of nitrogens with zero attached hydrogens (tertiary/aromatic N) is 3. The highest BCUT2D eigenvalue weighted by Gasteiger charge is 2.56. The molecule has 0 unspecified atom stereocenters. The van der Waals surface area contributed by atoms with Gasteiger partial charge in [0.1, 0.15) is 12.0 Å². The molecule has 6 heteroatoms. The van der Waals surface area contributed by atoms with Gasteiger partial charge in [0, 0.05) is 5.54 Å². The number of hydrogen-bond acceptors (Lipinski definition) is 4. The van der Waals surface area contributed by atoms with Gasteiger partial charge >= 0.3 is 0 Å². The summed E-state index contributed by atoms with van der Waals surface area (Å²) in [5.74, 6) is 0.398. The van der Waals surface area contributed by atoms with Crippen LogP contribution in [-0.2, 0) is 5.21 Å². The first kappa shape index (κ1) is 13.5. The van der Waals surface area contributed by atoms with E-state index in [1.807, 2.05) is 24.3 Å². The van der Waals surface area contributed by atoms with E-state index in [2.05, 4.69) is 9.97 Å². The highest BCUT2D eigenvalue weighted by atomic mass is 16.6. The molecule has 0 aliphatic carbocycles. The van der Waals surface area contributed by atoms with E-state index in [-0.39, 0.29) is 0 Å². The molecule has 1 aliphatic heterocycles. The molecule has 0 spiro atoms. The van der Waals surface area contributed by atoms with E-state index in [9.17, 15) is 10.4 Å². The van der Waals surface area contributed by atoms with Crippen LogP contribution in [0.25, 0.3) is 11.0 Å². The fraction of sp³-hybridized carbons (Fsp3) is 0.500. The zero-order valence-electron chi connectivity index (χ0n) is 12.0. The van der Waals surface area contributed by atoms with E-state index in [0.29, 0.717) is 5.82 Å². The highest BCUT2D eigenvalue weighted by molar-refractivity contribution is 5.74. The minimum absolute atomic E-state index is 0.398. The van der Waals surface area contributed by atoms with E-state index in [1.165, 1.54) is 0 Å². The van der Waals surface area contributed by atoms with Crippen molar-refractivity contribution in [2.24, 2.45) is 0 Å². The summed E-state index contributed by atoms with van der Waals surface area (Å²) >= 11 is 0. The van der Waals surface area contributed by atoms with Gasteiger partial charge in [-0.2, -0.15) is 0 Å². The third kappa shape index (κ3) is 1.56. The summed E-state index contributed by atoms with van der Waals surface area (Å²) in [6.07, 6.45) is -0.938. The molecule has 1 aromatic heterocycles. The molecule has 0 bridgehead atoms. The third-order valence-corrected chi connectivity index (χ3v) is 4.70. The summed E-state index contributed by atoms with van der Waals surface area (Å²) in [5, 5.41) is 26.8. The Hall–Kier alpha value is -1.47. The number of imidazole rings is 1. The lowest BCUT2D eigenvalue weighted by molar-refractivity contribution is -0.233. The third-order valence-electron chi connectivity index (χ3n) is 4.70. The predicted molar refractivity (Wildman–Crippen MR) is 74.7 cm³/mol. The van der Waals surface area contributed by atoms with Crippen LogP contribution in [-0.4, -0.2) is 31.2 Å². The Morgan fingerprint density at radius 3 is 2.40 bits per heavy atom. The van der Waals surface area contributed by atoms with Crippen LogP contribution in [0.15, 0.2) is 24.3 Å². The molecule has 0 atom stereocenters. The Morgan fingerprint density at radius 2 is 1.85 bits per heavy atom. The normalized spacial score (nSPS) is 26.4. The molecule has 107 valence electrons. The fourth-order valence-electron chi connectivity index (χ4n) is 2.56. The van der Waals surface area contributed by atoms with Crippen LogP contribution in [0.5, 0.6) is 0 Å². The van der Waals surface area contributed by atoms with Gasteiger partial charge in [0.25, 0.3) is 0 Å². The second-order valence-electron chi connectivity index (χ2n) is 6.28. The summed E-state index contributed by atoms with van der Waals surface area (Å²) in [7, 11) is 0. The SMILES string of the molecule is CC1(C)N([O])C(c2nc3ccccc3[nH]2)N([O-])C1(C)C. The topological polar surface area (TPSA) is 78.1 Å². The minimum Gasteiger partial charge on any atom is -0.783 e. The van der Waals surface area contributed by atoms with Crippen molar-refractivity contribution in [3.8, 4) is 0 Å². The smallest absolute Gasteiger partial charge is 0.141 e. The van der Waals surface area contributed by atoms with Crippen LogP contribution in [0.3, 0.4) is 0 Å². The lowest BCUT2D eigenvalue weighted by Crippen LogP contribution is -2.51. The second-order valence-corrected chi connectivity index (χ2v) is 6.28. The Balaban J connectivity index is 2.10. The maximum atomic E-state index is 12.5. The van der Waals surface area contributed by atoms with Gasteiger partial charge in [-0.05, 0) is 39.8 Å². The van der Waals surface area contributed by atoms with Gasteiger partial charge in [0.2, 0.25) is 0 Å². The molecule has 2 heterocycles. The van der Waals surface area contributed by atoms with Gasteiger partial charge in [-0.15, -0.1) is 10.3 Å². The molecule has 1 radical (unpaired) electrons. The number of H-pyrrole nitrogens is 1. The van der Waals surface area contributed by atoms with Crippen LogP contribution in [0.1, 0.15) is 39.7 Å². The molecule has 0 saturated carbocycles. The maximum Gasteiger partial charge on any atom is 0.141 e. The van der Waals surface area contributed by atoms with Crippen molar-refractivity contribution in [3.05, 3.63) is 35.3 Å². The van der Waals surface area contributed by atoms with E-state index in [4.69, 9.17) is 0 Å². The van der Waals surface area contributed by atoms with Crippen molar-refractivity contribution in [2.75, 3.05) is 0 Å². The van der Waals surface area contributed by atoms with Gasteiger partial charge in [-0.25, -0.2) is 4.98 Å². The quantitative estimate of drug-likeness (QED) is 0.867. The Kier molecular flexibility index (Phi) is 2.71. The first-order valence-corrected chi connectivity index (χ1v) is 6.64. The van der Waals surface area contributed by atoms with Crippen molar-refractivity contribution >= 4 is 11.0 Å². The second kappa shape index (κ2) is 4.02. The Bertz CT molecular complexity index is 596. The summed E-state index contributed by atoms with van der Waals surface area (Å²) in [4.78, 5) is 7.47. The number of para-hydroxylation sites is 2. The lowest BCUT2D eigenvalue weighted by atomic mass is 9.84. The summed E-state index contributed by atoms with van der Waals surface area (Å²) in [5.41, 5.74) is -0.00447. The van der Waals surface area contributed by atoms with Gasteiger partial charge in [-0.1, -0.05) is 12.1 Å². The van der Waals surface area contributed by atoms with Gasteiger partial charge in [-0.3, -0.25) is 0 Å². The Morgan fingerprint density at radius 1 is 1.20 bits per heavy atom. The molecule has 1 N–H and O–H groups in total. The number of aromatic nitrogens is 2. The molecule has 3 rings (SSSR count). The van der Waals surface area contributed by atoms with Crippen molar-refractivity contribution in [3.63, 3.8) is 0 Å². The van der Waals surface area contributed by atoms with Crippen molar-refractivity contribution in [1.29, 1.82) is 0 Å². The maximum absolute atomic E-state index is 12.5. The highest BCUT2D eigenvalue weighted by Crippen LogP contribution is 2.47. The zero-order valence-corrected chi connectivity index (χ0v) is 12.0. The molecule has 6 nitrogen and oxygen atoms in total. The average molecular weight is 274 g/mol. The molecule has 1 aromatic carbocycles. The van der Waals surface area contributed by atoms with Gasteiger partial charge in [0.15, 0.2) is 0 Å². The average Bonchev–Trinajstić information content (AvgIpc) is 2.85. The van der Waals surface area contributed by atoms with Crippen LogP contribution < -0.4 is 0 Å².